The van der Waals surface area contributed by atoms with E-state index < -0.39 is 0 Å². The van der Waals surface area contributed by atoms with Crippen LogP contribution in [0.5, 0.6) is 0 Å². The Hall–Kier alpha value is -1.36. The Kier molecular flexibility index (Phi) is 5.56. The predicted octanol–water partition coefficient (Wildman–Crippen LogP) is 0.341. The van der Waals surface area contributed by atoms with Gasteiger partial charge in [0.1, 0.15) is 0 Å². The van der Waals surface area contributed by atoms with Crippen LogP contribution in [0.1, 0.15) is 12.8 Å². The van der Waals surface area contributed by atoms with Gasteiger partial charge in [-0.15, -0.1) is 0 Å². The number of rotatable bonds is 7. The van der Waals surface area contributed by atoms with Crippen molar-refractivity contribution in [1.82, 2.24) is 20.0 Å². The van der Waals surface area contributed by atoms with Gasteiger partial charge in [-0.25, -0.2) is 0 Å². The molecule has 90 valence electrons. The Bertz CT molecular complexity index is 295. The number of hydrogen-bond acceptors (Lipinski definition) is 3. The summed E-state index contributed by atoms with van der Waals surface area (Å²) in [4.78, 5) is 12.9. The molecule has 0 bridgehead atoms. The summed E-state index contributed by atoms with van der Waals surface area (Å²) in [5, 5.41) is 7.36. The molecule has 0 unspecified atom stereocenters. The minimum atomic E-state index is 0.166. The lowest BCUT2D eigenvalue weighted by molar-refractivity contribution is -0.128. The van der Waals surface area contributed by atoms with Crippen molar-refractivity contribution in [3.05, 3.63) is 18.5 Å². The molecule has 0 aliphatic heterocycles. The van der Waals surface area contributed by atoms with Gasteiger partial charge in [-0.05, 0) is 19.0 Å². The summed E-state index contributed by atoms with van der Waals surface area (Å²) < 4.78 is 1.91. The number of carbonyl (C=O) groups excluding carboxylic acids is 1. The van der Waals surface area contributed by atoms with Gasteiger partial charge in [0.25, 0.3) is 0 Å². The molecule has 0 aliphatic rings. The summed E-state index contributed by atoms with van der Waals surface area (Å²) in [5.74, 6) is 0.166. The third-order valence-electron chi connectivity index (χ3n) is 2.31. The Labute approximate surface area is 96.4 Å². The number of nitrogens with zero attached hydrogens (tertiary/aromatic N) is 3. The highest BCUT2D eigenvalue weighted by Crippen LogP contribution is 1.89. The lowest BCUT2D eigenvalue weighted by Crippen LogP contribution is -2.27. The van der Waals surface area contributed by atoms with Crippen LogP contribution in [-0.4, -0.2) is 47.8 Å². The standard InChI is InChI=1S/C11H20N4O/c1-14(2)11(16)5-8-12-6-3-9-15-10-4-7-13-15/h4,7,10,12H,3,5-6,8-9H2,1-2H3. The van der Waals surface area contributed by atoms with Gasteiger partial charge in [-0.3, -0.25) is 9.48 Å². The molecule has 1 N–H and O–H groups in total. The Morgan fingerprint density at radius 3 is 2.88 bits per heavy atom. The molecule has 0 radical (unpaired) electrons. The fourth-order valence-corrected chi connectivity index (χ4v) is 1.34. The van der Waals surface area contributed by atoms with Gasteiger partial charge in [0.15, 0.2) is 0 Å². The number of aromatic nitrogens is 2. The van der Waals surface area contributed by atoms with Gasteiger partial charge in [0.05, 0.1) is 0 Å². The van der Waals surface area contributed by atoms with Gasteiger partial charge in [-0.1, -0.05) is 0 Å². The highest BCUT2D eigenvalue weighted by molar-refractivity contribution is 5.75. The van der Waals surface area contributed by atoms with Gasteiger partial charge in [0, 0.05) is 46.0 Å². The second-order valence-electron chi connectivity index (χ2n) is 3.91. The summed E-state index contributed by atoms with van der Waals surface area (Å²) in [6, 6.07) is 1.92. The molecule has 16 heavy (non-hydrogen) atoms. The van der Waals surface area contributed by atoms with Crippen LogP contribution in [0.25, 0.3) is 0 Å². The number of hydrogen-bond donors (Lipinski definition) is 1. The van der Waals surface area contributed by atoms with Crippen LogP contribution in [-0.2, 0) is 11.3 Å². The summed E-state index contributed by atoms with van der Waals surface area (Å²) >= 11 is 0. The molecule has 1 heterocycles. The highest BCUT2D eigenvalue weighted by Gasteiger charge is 2.01. The van der Waals surface area contributed by atoms with Crippen LogP contribution in [0.3, 0.4) is 0 Å². The van der Waals surface area contributed by atoms with Gasteiger partial charge >= 0.3 is 0 Å². The molecule has 0 spiro atoms. The normalized spacial score (nSPS) is 10.4. The maximum absolute atomic E-state index is 11.2. The molecule has 0 aliphatic carbocycles. The van der Waals surface area contributed by atoms with E-state index in [1.165, 1.54) is 0 Å². The molecule has 1 rings (SSSR count). The molecule has 0 aromatic carbocycles. The second-order valence-corrected chi connectivity index (χ2v) is 3.91. The molecule has 1 aromatic heterocycles. The zero-order chi connectivity index (χ0) is 11.8. The van der Waals surface area contributed by atoms with Crippen LogP contribution < -0.4 is 5.32 Å². The van der Waals surface area contributed by atoms with E-state index in [0.717, 1.165) is 26.1 Å². The molecule has 5 heteroatoms. The molecule has 1 amide bonds. The van der Waals surface area contributed by atoms with E-state index in [4.69, 9.17) is 0 Å². The van der Waals surface area contributed by atoms with Crippen LogP contribution in [0.2, 0.25) is 0 Å². The summed E-state index contributed by atoms with van der Waals surface area (Å²) in [6.45, 7) is 2.58. The van der Waals surface area contributed by atoms with E-state index in [1.807, 2.05) is 16.9 Å². The van der Waals surface area contributed by atoms with Crippen molar-refractivity contribution in [2.45, 2.75) is 19.4 Å². The molecular formula is C11H20N4O. The summed E-state index contributed by atoms with van der Waals surface area (Å²) in [7, 11) is 3.56. The first-order valence-corrected chi connectivity index (χ1v) is 5.58. The third-order valence-corrected chi connectivity index (χ3v) is 2.31. The van der Waals surface area contributed by atoms with E-state index in [2.05, 4.69) is 10.4 Å². The quantitative estimate of drug-likeness (QED) is 0.680. The SMILES string of the molecule is CN(C)C(=O)CCNCCCn1cccn1. The first kappa shape index (κ1) is 12.7. The molecule has 0 atom stereocenters. The van der Waals surface area contributed by atoms with Crippen molar-refractivity contribution in [1.29, 1.82) is 0 Å². The van der Waals surface area contributed by atoms with Crippen molar-refractivity contribution in [3.63, 3.8) is 0 Å². The predicted molar refractivity (Wildman–Crippen MR) is 63.0 cm³/mol. The third kappa shape index (κ3) is 4.93. The van der Waals surface area contributed by atoms with Crippen molar-refractivity contribution in [2.24, 2.45) is 0 Å². The first-order valence-electron chi connectivity index (χ1n) is 5.58. The Morgan fingerprint density at radius 1 is 1.44 bits per heavy atom. The smallest absolute Gasteiger partial charge is 0.223 e. The number of amides is 1. The average molecular weight is 224 g/mol. The minimum Gasteiger partial charge on any atom is -0.349 e. The van der Waals surface area contributed by atoms with Crippen molar-refractivity contribution >= 4 is 5.91 Å². The maximum atomic E-state index is 11.2. The molecule has 0 saturated carbocycles. The first-order chi connectivity index (χ1) is 7.70. The van der Waals surface area contributed by atoms with Gasteiger partial charge in [-0.2, -0.15) is 5.10 Å². The van der Waals surface area contributed by atoms with E-state index in [1.54, 1.807) is 25.2 Å². The number of aryl methyl sites for hydroxylation is 1. The van der Waals surface area contributed by atoms with Crippen LogP contribution in [0, 0.1) is 0 Å². The van der Waals surface area contributed by atoms with Crippen molar-refractivity contribution in [2.75, 3.05) is 27.2 Å². The summed E-state index contributed by atoms with van der Waals surface area (Å²) in [6.07, 6.45) is 5.32. The highest BCUT2D eigenvalue weighted by atomic mass is 16.2. The lowest BCUT2D eigenvalue weighted by atomic mass is 10.3. The lowest BCUT2D eigenvalue weighted by Gasteiger charge is -2.10. The molecule has 5 nitrogen and oxygen atoms in total. The monoisotopic (exact) mass is 224 g/mol. The maximum Gasteiger partial charge on any atom is 0.223 e. The second kappa shape index (κ2) is 7.00. The topological polar surface area (TPSA) is 50.2 Å². The Morgan fingerprint density at radius 2 is 2.25 bits per heavy atom. The zero-order valence-corrected chi connectivity index (χ0v) is 10.0. The fourth-order valence-electron chi connectivity index (χ4n) is 1.34. The summed E-state index contributed by atoms with van der Waals surface area (Å²) in [5.41, 5.74) is 0. The van der Waals surface area contributed by atoms with Gasteiger partial charge < -0.3 is 10.2 Å². The van der Waals surface area contributed by atoms with Crippen LogP contribution >= 0.6 is 0 Å². The molecule has 1 aromatic rings. The Balaban J connectivity index is 1.94. The minimum absolute atomic E-state index is 0.166. The van der Waals surface area contributed by atoms with E-state index in [9.17, 15) is 4.79 Å². The number of nitrogens with one attached hydrogen (secondary N) is 1. The van der Waals surface area contributed by atoms with E-state index in [0.29, 0.717) is 6.42 Å². The molecule has 0 fully saturated rings. The molecular weight excluding hydrogens is 204 g/mol. The van der Waals surface area contributed by atoms with Crippen molar-refractivity contribution < 1.29 is 4.79 Å². The largest absolute Gasteiger partial charge is 0.349 e. The fraction of sp³-hybridized carbons (Fsp3) is 0.636. The van der Waals surface area contributed by atoms with E-state index >= 15 is 0 Å². The molecule has 0 saturated heterocycles. The van der Waals surface area contributed by atoms with Gasteiger partial charge in [0.2, 0.25) is 5.91 Å². The zero-order valence-electron chi connectivity index (χ0n) is 10.0. The van der Waals surface area contributed by atoms with Crippen molar-refractivity contribution in [3.8, 4) is 0 Å². The average Bonchev–Trinajstić information content (AvgIpc) is 2.75. The van der Waals surface area contributed by atoms with Crippen LogP contribution in [0.4, 0.5) is 0 Å². The number of carbonyl (C=O) groups is 1. The van der Waals surface area contributed by atoms with E-state index in [-0.39, 0.29) is 5.91 Å². The van der Waals surface area contributed by atoms with Crippen LogP contribution in [0.15, 0.2) is 18.5 Å².